The Labute approximate surface area is 166 Å². The third-order valence-electron chi connectivity index (χ3n) is 2.53. The van der Waals surface area contributed by atoms with Gasteiger partial charge in [-0.15, -0.1) is 0 Å². The van der Waals surface area contributed by atoms with Crippen LogP contribution in [0.1, 0.15) is 0 Å². The lowest BCUT2D eigenvalue weighted by Crippen LogP contribution is -2.51. The van der Waals surface area contributed by atoms with Crippen LogP contribution < -0.4 is 0 Å². The first-order chi connectivity index (χ1) is 13.8. The second-order valence-corrected chi connectivity index (χ2v) is 6.98. The van der Waals surface area contributed by atoms with Gasteiger partial charge in [0.1, 0.15) is 50.8 Å². The van der Waals surface area contributed by atoms with Gasteiger partial charge in [0.05, 0.1) is 26.4 Å². The van der Waals surface area contributed by atoms with Crippen molar-refractivity contribution in [2.45, 2.75) is 24.4 Å². The molecule has 0 radical (unpaired) electrons. The van der Waals surface area contributed by atoms with E-state index in [1.165, 1.54) is 0 Å². The van der Waals surface area contributed by atoms with Gasteiger partial charge >= 0.3 is 9.05 Å². The van der Waals surface area contributed by atoms with Crippen molar-refractivity contribution in [1.82, 2.24) is 0 Å². The lowest BCUT2D eigenvalue weighted by atomic mass is 10.4. The molecular weight excluding hydrogens is 428 g/mol. The molecular formula is C12H28O16Si. The maximum Gasteiger partial charge on any atom is 0.792 e. The molecule has 0 aliphatic rings. The van der Waals surface area contributed by atoms with Gasteiger partial charge in [0.15, 0.2) is 0 Å². The lowest BCUT2D eigenvalue weighted by molar-refractivity contribution is -0.433. The number of hydrogen-bond donors (Lipinski definition) is 8. The molecule has 0 amide bonds. The molecule has 0 bridgehead atoms. The zero-order chi connectivity index (χ0) is 22.1. The predicted octanol–water partition coefficient (Wildman–Crippen LogP) is -5.37. The summed E-state index contributed by atoms with van der Waals surface area (Å²) >= 11 is 0. The monoisotopic (exact) mass is 456 g/mol. The summed E-state index contributed by atoms with van der Waals surface area (Å²) in [4.78, 5) is 18.4. The van der Waals surface area contributed by atoms with Crippen LogP contribution in [-0.4, -0.2) is 127 Å². The van der Waals surface area contributed by atoms with E-state index in [0.717, 1.165) is 0 Å². The van der Waals surface area contributed by atoms with Crippen molar-refractivity contribution in [3.63, 3.8) is 0 Å². The Morgan fingerprint density at radius 2 is 0.655 bits per heavy atom. The molecule has 4 unspecified atom stereocenters. The highest BCUT2D eigenvalue weighted by Crippen LogP contribution is 2.15. The van der Waals surface area contributed by atoms with E-state index in [1.54, 1.807) is 0 Å². The Hall–Kier alpha value is -0.423. The van der Waals surface area contributed by atoms with E-state index in [2.05, 4.69) is 19.6 Å². The molecule has 176 valence electrons. The summed E-state index contributed by atoms with van der Waals surface area (Å²) < 4.78 is 19.0. The van der Waals surface area contributed by atoms with Crippen LogP contribution in [0.25, 0.3) is 0 Å². The summed E-state index contributed by atoms with van der Waals surface area (Å²) in [7, 11) is -4.77. The van der Waals surface area contributed by atoms with Crippen molar-refractivity contribution in [2.75, 3.05) is 52.9 Å². The number of hydrogen-bond acceptors (Lipinski definition) is 16. The summed E-state index contributed by atoms with van der Waals surface area (Å²) in [5.41, 5.74) is 0. The molecule has 0 aliphatic carbocycles. The highest BCUT2D eigenvalue weighted by molar-refractivity contribution is 6.52. The van der Waals surface area contributed by atoms with E-state index < -0.39 is 86.3 Å². The zero-order valence-electron chi connectivity index (χ0n) is 15.3. The quantitative estimate of drug-likeness (QED) is 0.0485. The highest BCUT2D eigenvalue weighted by atomic mass is 28.4. The summed E-state index contributed by atoms with van der Waals surface area (Å²) in [6.45, 7) is -5.18. The predicted molar refractivity (Wildman–Crippen MR) is 86.3 cm³/mol. The van der Waals surface area contributed by atoms with Gasteiger partial charge in [0, 0.05) is 0 Å². The van der Waals surface area contributed by atoms with E-state index in [9.17, 15) is 20.4 Å². The minimum absolute atomic E-state index is 0.612. The molecule has 0 saturated carbocycles. The maximum atomic E-state index is 9.26. The standard InChI is InChI=1S/C12H28O16Si/c13-1-9(17)5-21-25-29(26-22-6-10(18)2-14,27-23-7-11(19)3-15)28-24-8-12(20)4-16/h9-20H,1-8H2. The average molecular weight is 456 g/mol. The average Bonchev–Trinajstić information content (AvgIpc) is 2.72. The molecule has 16 nitrogen and oxygen atoms in total. The van der Waals surface area contributed by atoms with E-state index in [0.29, 0.717) is 0 Å². The maximum absolute atomic E-state index is 9.26. The third-order valence-corrected chi connectivity index (χ3v) is 3.82. The summed E-state index contributed by atoms with van der Waals surface area (Å²) in [5, 5.41) is 72.1. The zero-order valence-corrected chi connectivity index (χ0v) is 16.3. The van der Waals surface area contributed by atoms with Gasteiger partial charge < -0.3 is 40.9 Å². The number of aliphatic hydroxyl groups is 8. The SMILES string of the molecule is OCC(O)COO[Si](OOCC(O)CO)(OOCC(O)CO)OOCC(O)CO. The Morgan fingerprint density at radius 3 is 0.828 bits per heavy atom. The largest absolute Gasteiger partial charge is 0.792 e. The first kappa shape index (κ1) is 28.6. The number of aliphatic hydroxyl groups excluding tert-OH is 8. The molecule has 0 aromatic heterocycles. The van der Waals surface area contributed by atoms with Crippen molar-refractivity contribution < 1.29 is 78.7 Å². The summed E-state index contributed by atoms with van der Waals surface area (Å²) in [5.74, 6) is 0. The van der Waals surface area contributed by atoms with Crippen LogP contribution in [-0.2, 0) is 37.9 Å². The third kappa shape index (κ3) is 14.3. The molecule has 0 rings (SSSR count). The molecule has 29 heavy (non-hydrogen) atoms. The van der Waals surface area contributed by atoms with Gasteiger partial charge in [-0.05, 0) is 0 Å². The molecule has 0 spiro atoms. The minimum Gasteiger partial charge on any atom is -0.394 e. The van der Waals surface area contributed by atoms with Gasteiger partial charge in [-0.1, -0.05) is 0 Å². The fraction of sp³-hybridized carbons (Fsp3) is 1.00. The van der Waals surface area contributed by atoms with E-state index >= 15 is 0 Å². The normalized spacial score (nSPS) is 18.2. The first-order valence-electron chi connectivity index (χ1n) is 8.20. The summed E-state index contributed by atoms with van der Waals surface area (Å²) in [6, 6.07) is 0. The minimum atomic E-state index is -4.77. The van der Waals surface area contributed by atoms with Crippen LogP contribution in [0.4, 0.5) is 0 Å². The van der Waals surface area contributed by atoms with Crippen LogP contribution >= 0.6 is 0 Å². The van der Waals surface area contributed by atoms with Gasteiger partial charge in [0.2, 0.25) is 0 Å². The number of rotatable bonds is 20. The molecule has 0 aliphatic heterocycles. The topological polar surface area (TPSA) is 236 Å². The molecule has 0 aromatic carbocycles. The van der Waals surface area contributed by atoms with Gasteiger partial charge in [-0.25, -0.2) is 19.6 Å². The van der Waals surface area contributed by atoms with Crippen LogP contribution in [0.2, 0.25) is 0 Å². The lowest BCUT2D eigenvalue weighted by Gasteiger charge is -2.24. The highest BCUT2D eigenvalue weighted by Gasteiger charge is 2.55. The van der Waals surface area contributed by atoms with Crippen LogP contribution in [0.3, 0.4) is 0 Å². The molecule has 4 atom stereocenters. The van der Waals surface area contributed by atoms with Crippen molar-refractivity contribution in [2.24, 2.45) is 0 Å². The van der Waals surface area contributed by atoms with E-state index in [1.807, 2.05) is 0 Å². The molecule has 0 saturated heterocycles. The fourth-order valence-electron chi connectivity index (χ4n) is 1.03. The Balaban J connectivity index is 5.05. The fourth-order valence-corrected chi connectivity index (χ4v) is 2.05. The second-order valence-electron chi connectivity index (χ2n) is 5.32. The van der Waals surface area contributed by atoms with Crippen molar-refractivity contribution >= 4 is 9.05 Å². The van der Waals surface area contributed by atoms with Crippen molar-refractivity contribution in [3.05, 3.63) is 0 Å². The molecule has 17 heteroatoms. The Bertz CT molecular complexity index is 308. The van der Waals surface area contributed by atoms with Gasteiger partial charge in [-0.2, -0.15) is 18.3 Å². The Morgan fingerprint density at radius 1 is 0.448 bits per heavy atom. The smallest absolute Gasteiger partial charge is 0.394 e. The first-order valence-corrected chi connectivity index (χ1v) is 9.83. The van der Waals surface area contributed by atoms with Crippen molar-refractivity contribution in [1.29, 1.82) is 0 Å². The van der Waals surface area contributed by atoms with Crippen LogP contribution in [0.15, 0.2) is 0 Å². The second kappa shape index (κ2) is 17.3. The van der Waals surface area contributed by atoms with Gasteiger partial charge in [-0.3, -0.25) is 0 Å². The Kier molecular flexibility index (Phi) is 17.0. The van der Waals surface area contributed by atoms with Gasteiger partial charge in [0.25, 0.3) is 0 Å². The van der Waals surface area contributed by atoms with Crippen LogP contribution in [0.5, 0.6) is 0 Å². The van der Waals surface area contributed by atoms with E-state index in [-0.39, 0.29) is 0 Å². The molecule has 8 N–H and O–H groups in total. The van der Waals surface area contributed by atoms with Crippen LogP contribution in [0, 0.1) is 0 Å². The van der Waals surface area contributed by atoms with E-state index in [4.69, 9.17) is 38.7 Å². The summed E-state index contributed by atoms with van der Waals surface area (Å²) in [6.07, 6.45) is -5.47. The molecule has 0 fully saturated rings. The van der Waals surface area contributed by atoms with Crippen molar-refractivity contribution in [3.8, 4) is 0 Å². The molecule has 0 heterocycles. The molecule has 0 aromatic rings.